The molecule has 2 aliphatic rings. The van der Waals surface area contributed by atoms with Crippen LogP contribution in [0, 0.1) is 0 Å². The second-order valence-electron chi connectivity index (χ2n) is 6.98. The molecule has 0 bridgehead atoms. The van der Waals surface area contributed by atoms with E-state index in [0.29, 0.717) is 12.4 Å². The molecule has 0 spiro atoms. The molecule has 28 heavy (non-hydrogen) atoms. The van der Waals surface area contributed by atoms with E-state index in [1.165, 1.54) is 0 Å². The van der Waals surface area contributed by atoms with E-state index in [2.05, 4.69) is 32.4 Å². The number of fused-ring (bicyclic) bond motifs is 1. The van der Waals surface area contributed by atoms with Crippen molar-refractivity contribution in [3.05, 3.63) is 36.3 Å². The summed E-state index contributed by atoms with van der Waals surface area (Å²) in [5.74, 6) is 1.54. The molecule has 2 aromatic heterocycles. The molecule has 2 amide bonds. The number of carbonyl (C=O) groups excluding carboxylic acids is 1. The van der Waals surface area contributed by atoms with Crippen molar-refractivity contribution < 1.29 is 4.79 Å². The molecule has 0 aliphatic carbocycles. The Hall–Kier alpha value is -3.07. The van der Waals surface area contributed by atoms with Crippen LogP contribution in [0.4, 0.5) is 16.6 Å². The second kappa shape index (κ2) is 6.23. The van der Waals surface area contributed by atoms with E-state index in [4.69, 9.17) is 4.98 Å². The van der Waals surface area contributed by atoms with Gasteiger partial charge >= 0.3 is 6.03 Å². The summed E-state index contributed by atoms with van der Waals surface area (Å²) in [4.78, 5) is 27.0. The summed E-state index contributed by atoms with van der Waals surface area (Å²) in [6.07, 6.45) is 2.82. The van der Waals surface area contributed by atoms with Crippen LogP contribution in [0.1, 0.15) is 19.0 Å². The highest BCUT2D eigenvalue weighted by Gasteiger charge is 2.35. The van der Waals surface area contributed by atoms with Crippen molar-refractivity contribution in [1.82, 2.24) is 24.0 Å². The number of rotatable bonds is 3. The molecule has 0 atom stereocenters. The summed E-state index contributed by atoms with van der Waals surface area (Å²) in [5, 5.41) is 3.52. The number of urea groups is 1. The van der Waals surface area contributed by atoms with E-state index in [1.54, 1.807) is 41.2 Å². The summed E-state index contributed by atoms with van der Waals surface area (Å²) in [7, 11) is 5.14. The van der Waals surface area contributed by atoms with Crippen LogP contribution in [0.25, 0.3) is 11.0 Å². The number of amides is 2. The molecule has 0 unspecified atom stereocenters. The van der Waals surface area contributed by atoms with Gasteiger partial charge in [0.25, 0.3) is 0 Å². The molecule has 144 valence electrons. The molecular weight excluding hydrogens is 374 g/mol. The van der Waals surface area contributed by atoms with Crippen LogP contribution in [-0.4, -0.2) is 54.1 Å². The lowest BCUT2D eigenvalue weighted by molar-refractivity contribution is 0.233. The normalized spacial score (nSPS) is 15.9. The summed E-state index contributed by atoms with van der Waals surface area (Å²) < 4.78 is 4.29. The van der Waals surface area contributed by atoms with Crippen molar-refractivity contribution in [3.8, 4) is 0 Å². The van der Waals surface area contributed by atoms with E-state index >= 15 is 0 Å². The van der Waals surface area contributed by atoms with Gasteiger partial charge in [-0.3, -0.25) is 9.80 Å². The van der Waals surface area contributed by atoms with Crippen molar-refractivity contribution >= 4 is 49.7 Å². The van der Waals surface area contributed by atoms with Crippen LogP contribution in [-0.2, 0) is 13.1 Å². The highest BCUT2D eigenvalue weighted by molar-refractivity contribution is 7.98. The number of nitrogens with one attached hydrogen (secondary N) is 1. The largest absolute Gasteiger partial charge is 0.330 e. The first-order valence-corrected chi connectivity index (χ1v) is 10.1. The van der Waals surface area contributed by atoms with Gasteiger partial charge < -0.3 is 14.5 Å². The molecule has 0 saturated carbocycles. The van der Waals surface area contributed by atoms with E-state index < -0.39 is 0 Å². The maximum atomic E-state index is 12.5. The average molecular weight is 395 g/mol. The standard InChI is InChI=1S/C19H21N7OS/c1-4-9-26-13-8-6-5-7-12(13)21-18(26)22-14-10-25-11-20-16-15(25)17(28-14)24(3)19(27)23(16)2/h5-8,11H,4,9-10H2,1-3H3,(H,21,22). The lowest BCUT2D eigenvalue weighted by atomic mass is 10.3. The minimum Gasteiger partial charge on any atom is -0.320 e. The fourth-order valence-corrected chi connectivity index (χ4v) is 4.85. The van der Waals surface area contributed by atoms with Crippen LogP contribution in [0.2, 0.25) is 0 Å². The molecule has 0 saturated heterocycles. The third-order valence-corrected chi connectivity index (χ3v) is 6.24. The molecule has 9 heteroatoms. The lowest BCUT2D eigenvalue weighted by Gasteiger charge is -2.32. The minimum atomic E-state index is -0.0836. The molecule has 1 N–H and O–H groups in total. The number of imidazole rings is 2. The Balaban J connectivity index is 1.62. The van der Waals surface area contributed by atoms with Gasteiger partial charge in [-0.05, 0) is 18.6 Å². The van der Waals surface area contributed by atoms with Gasteiger partial charge in [0.1, 0.15) is 10.7 Å². The van der Waals surface area contributed by atoms with Crippen molar-refractivity contribution in [1.29, 1.82) is 0 Å². The van der Waals surface area contributed by atoms with Gasteiger partial charge in [-0.2, -0.15) is 0 Å². The van der Waals surface area contributed by atoms with Crippen molar-refractivity contribution in [2.45, 2.75) is 26.4 Å². The van der Waals surface area contributed by atoms with Crippen molar-refractivity contribution in [2.75, 3.05) is 24.3 Å². The van der Waals surface area contributed by atoms with Gasteiger partial charge in [-0.1, -0.05) is 19.1 Å². The number of para-hydroxylation sites is 2. The highest BCUT2D eigenvalue weighted by atomic mass is 32.1. The van der Waals surface area contributed by atoms with Crippen LogP contribution >= 0.6 is 10.9 Å². The highest BCUT2D eigenvalue weighted by Crippen LogP contribution is 2.29. The van der Waals surface area contributed by atoms with Crippen molar-refractivity contribution in [2.24, 2.45) is 0 Å². The van der Waals surface area contributed by atoms with Crippen LogP contribution in [0.3, 0.4) is 0 Å². The zero-order valence-corrected chi connectivity index (χ0v) is 16.8. The SMILES string of the molecule is CCCn1c(NC2=S=C3c4c(ncn4C2)N(C)C(=O)N3C)nc2ccccc21. The topological polar surface area (TPSA) is 71.2 Å². The first-order valence-electron chi connectivity index (χ1n) is 9.28. The van der Waals surface area contributed by atoms with Crippen LogP contribution in [0.5, 0.6) is 0 Å². The molecule has 2 aliphatic heterocycles. The van der Waals surface area contributed by atoms with Gasteiger partial charge in [0.05, 0.1) is 28.9 Å². The van der Waals surface area contributed by atoms with Crippen LogP contribution in [0.15, 0.2) is 30.6 Å². The molecule has 0 fully saturated rings. The number of anilines is 2. The summed E-state index contributed by atoms with van der Waals surface area (Å²) in [6.45, 7) is 3.72. The van der Waals surface area contributed by atoms with Gasteiger partial charge in [-0.15, -0.1) is 10.9 Å². The Kier molecular flexibility index (Phi) is 3.80. The summed E-state index contributed by atoms with van der Waals surface area (Å²) >= 11 is 0. The lowest BCUT2D eigenvalue weighted by Crippen LogP contribution is -2.48. The second-order valence-corrected chi connectivity index (χ2v) is 8.06. The molecule has 0 radical (unpaired) electrons. The van der Waals surface area contributed by atoms with Gasteiger partial charge in [0.2, 0.25) is 5.95 Å². The average Bonchev–Trinajstić information content (AvgIpc) is 3.27. The number of aryl methyl sites for hydroxylation is 1. The van der Waals surface area contributed by atoms with Crippen LogP contribution < -0.4 is 10.2 Å². The first-order chi connectivity index (χ1) is 13.6. The quantitative estimate of drug-likeness (QED) is 0.692. The predicted octanol–water partition coefficient (Wildman–Crippen LogP) is 2.61. The molecule has 4 heterocycles. The Bertz CT molecular complexity index is 1180. The zero-order chi connectivity index (χ0) is 19.4. The number of benzene rings is 1. The van der Waals surface area contributed by atoms with Gasteiger partial charge in [0.15, 0.2) is 5.82 Å². The number of aromatic nitrogens is 4. The first kappa shape index (κ1) is 17.1. The van der Waals surface area contributed by atoms with E-state index in [0.717, 1.165) is 45.6 Å². The van der Waals surface area contributed by atoms with Crippen molar-refractivity contribution in [3.63, 3.8) is 0 Å². The van der Waals surface area contributed by atoms with Gasteiger partial charge in [0, 0.05) is 20.6 Å². The van der Waals surface area contributed by atoms with E-state index in [9.17, 15) is 4.79 Å². The molecule has 8 nitrogen and oxygen atoms in total. The number of carbonyl (C=O) groups is 1. The maximum absolute atomic E-state index is 12.5. The Labute approximate surface area is 165 Å². The molecule has 3 aromatic rings. The van der Waals surface area contributed by atoms with E-state index in [-0.39, 0.29) is 6.03 Å². The number of nitrogens with zero attached hydrogens (tertiary/aromatic N) is 6. The smallest absolute Gasteiger partial charge is 0.320 e. The van der Waals surface area contributed by atoms with Gasteiger partial charge in [-0.25, -0.2) is 14.8 Å². The molecular formula is C19H21N7OS. The number of hydrogen-bond acceptors (Lipinski definition) is 4. The minimum absolute atomic E-state index is 0.0836. The third kappa shape index (κ3) is 2.39. The fraction of sp³-hybridized carbons (Fsp3) is 0.316. The number of hydrogen-bond donors (Lipinski definition) is 1. The molecule has 1 aromatic carbocycles. The van der Waals surface area contributed by atoms with E-state index in [1.807, 2.05) is 18.2 Å². The Morgan fingerprint density at radius 1 is 1.21 bits per heavy atom. The summed E-state index contributed by atoms with van der Waals surface area (Å²) in [5.41, 5.74) is 3.09. The monoisotopic (exact) mass is 395 g/mol. The zero-order valence-electron chi connectivity index (χ0n) is 16.0. The third-order valence-electron chi connectivity index (χ3n) is 5.10. The maximum Gasteiger partial charge on any atom is 0.330 e. The Morgan fingerprint density at radius 2 is 2.04 bits per heavy atom. The summed E-state index contributed by atoms with van der Waals surface area (Å²) in [6, 6.07) is 8.09. The fourth-order valence-electron chi connectivity index (χ4n) is 3.75. The Morgan fingerprint density at radius 3 is 2.86 bits per heavy atom. The predicted molar refractivity (Wildman–Crippen MR) is 114 cm³/mol. The molecule has 5 rings (SSSR count).